The zero-order chi connectivity index (χ0) is 20.9. The Labute approximate surface area is 159 Å². The Morgan fingerprint density at radius 2 is 1.89 bits per heavy atom. The number of nitrogens with one attached hydrogen (secondary N) is 2. The molecule has 0 radical (unpaired) electrons. The Balaban J connectivity index is 0. The number of alkyl halides is 3. The van der Waals surface area contributed by atoms with E-state index in [0.29, 0.717) is 30.3 Å². The van der Waals surface area contributed by atoms with Crippen molar-refractivity contribution in [3.8, 4) is 11.8 Å². The number of benzene rings is 1. The minimum absolute atomic E-state index is 0. The van der Waals surface area contributed by atoms with E-state index in [1.807, 2.05) is 20.8 Å². The van der Waals surface area contributed by atoms with Gasteiger partial charge in [-0.25, -0.2) is 4.79 Å². The van der Waals surface area contributed by atoms with Crippen molar-refractivity contribution in [2.45, 2.75) is 46.4 Å². The number of hydrogen-bond acceptors (Lipinski definition) is 5. The molecular formula is C18H28F3N3O3. The molecule has 9 heteroatoms. The molecule has 1 aliphatic heterocycles. The Kier molecular flexibility index (Phi) is 6.95. The molecule has 1 aromatic carbocycles. The molecule has 1 aromatic rings. The van der Waals surface area contributed by atoms with Crippen LogP contribution in [0.3, 0.4) is 0 Å². The van der Waals surface area contributed by atoms with E-state index >= 15 is 0 Å². The molecule has 2 N–H and O–H groups in total. The first-order chi connectivity index (χ1) is 12.2. The first-order valence-electron chi connectivity index (χ1n) is 8.24. The van der Waals surface area contributed by atoms with Gasteiger partial charge < -0.3 is 14.8 Å². The summed E-state index contributed by atoms with van der Waals surface area (Å²) >= 11 is 0. The lowest BCUT2D eigenvalue weighted by Gasteiger charge is -2.27. The van der Waals surface area contributed by atoms with Gasteiger partial charge in [0.05, 0.1) is 11.8 Å². The molecule has 0 fully saturated rings. The van der Waals surface area contributed by atoms with Crippen molar-refractivity contribution < 1.29 is 30.3 Å². The minimum Gasteiger partial charge on any atom is -0.490 e. The molecule has 6 nitrogen and oxygen atoms in total. The summed E-state index contributed by atoms with van der Waals surface area (Å²) in [6, 6.07) is 6.81. The van der Waals surface area contributed by atoms with E-state index in [-0.39, 0.29) is 8.27 Å². The smallest absolute Gasteiger partial charge is 0.427 e. The van der Waals surface area contributed by atoms with Crippen LogP contribution in [-0.2, 0) is 4.74 Å². The van der Waals surface area contributed by atoms with E-state index in [0.717, 1.165) is 13.8 Å². The van der Waals surface area contributed by atoms with Crippen LogP contribution in [0.1, 0.15) is 37.5 Å². The number of nitrogens with zero attached hydrogens (tertiary/aromatic N) is 1. The van der Waals surface area contributed by atoms with Gasteiger partial charge >= 0.3 is 12.3 Å². The highest BCUT2D eigenvalue weighted by Gasteiger charge is 2.50. The summed E-state index contributed by atoms with van der Waals surface area (Å²) in [5, 5.41) is 13.5. The van der Waals surface area contributed by atoms with Gasteiger partial charge in [-0.15, -0.1) is 0 Å². The van der Waals surface area contributed by atoms with Gasteiger partial charge in [0.15, 0.2) is 0 Å². The topological polar surface area (TPSA) is 83.4 Å². The summed E-state index contributed by atoms with van der Waals surface area (Å²) in [6.07, 6.45) is -5.82. The highest BCUT2D eigenvalue weighted by molar-refractivity contribution is 5.86. The lowest BCUT2D eigenvalue weighted by molar-refractivity contribution is -0.242. The van der Waals surface area contributed by atoms with Crippen molar-refractivity contribution in [1.82, 2.24) is 0 Å². The normalized spacial score (nSPS) is 13.6. The fourth-order valence-corrected chi connectivity index (χ4v) is 1.65. The largest absolute Gasteiger partial charge is 0.490 e. The molecule has 0 bridgehead atoms. The SMILES string of the molecule is CC(C)(C)C#N.CC(C)(OC(=O)Nc1ccc2c(c1)NCCO2)C(F)(F)F.[HH].[HH]. The van der Waals surface area contributed by atoms with E-state index in [4.69, 9.17) is 10.00 Å². The Morgan fingerprint density at radius 1 is 1.30 bits per heavy atom. The zero-order valence-corrected chi connectivity index (χ0v) is 16.0. The van der Waals surface area contributed by atoms with Gasteiger partial charge in [-0.2, -0.15) is 18.4 Å². The lowest BCUT2D eigenvalue weighted by Crippen LogP contribution is -2.44. The number of halogens is 3. The van der Waals surface area contributed by atoms with Crippen molar-refractivity contribution in [2.75, 3.05) is 23.8 Å². The van der Waals surface area contributed by atoms with Crippen LogP contribution < -0.4 is 15.4 Å². The molecule has 154 valence electrons. The maximum absolute atomic E-state index is 12.6. The Morgan fingerprint density at radius 3 is 2.41 bits per heavy atom. The standard InChI is InChI=1S/C13H15F3N2O3.C5H9N.2H2/c1-12(2,13(14,15)16)21-11(19)18-8-3-4-10-9(7-8)17-5-6-20-10;1-5(2,3)4-6;;/h3-4,7,17H,5-6H2,1-2H3,(H,18,19);1-3H3;2*1H. The van der Waals surface area contributed by atoms with Crippen LogP contribution in [-0.4, -0.2) is 31.0 Å². The molecule has 2 rings (SSSR count). The number of carbonyl (C=O) groups is 1. The first-order valence-corrected chi connectivity index (χ1v) is 8.24. The van der Waals surface area contributed by atoms with Crippen LogP contribution in [0.4, 0.5) is 29.3 Å². The fraction of sp³-hybridized carbons (Fsp3) is 0.556. The van der Waals surface area contributed by atoms with Gasteiger partial charge in [0.25, 0.3) is 0 Å². The summed E-state index contributed by atoms with van der Waals surface area (Å²) in [5.74, 6) is 0.621. The molecule has 0 aliphatic carbocycles. The monoisotopic (exact) mass is 391 g/mol. The molecule has 1 amide bonds. The molecule has 0 atom stereocenters. The Bertz CT molecular complexity index is 715. The number of nitriles is 1. The number of carbonyl (C=O) groups excluding carboxylic acids is 1. The number of fused-ring (bicyclic) bond motifs is 1. The second-order valence-corrected chi connectivity index (χ2v) is 7.37. The molecule has 0 saturated carbocycles. The first kappa shape index (κ1) is 22.4. The third-order valence-electron chi connectivity index (χ3n) is 3.27. The number of amides is 1. The molecule has 1 heterocycles. The highest BCUT2D eigenvalue weighted by Crippen LogP contribution is 2.34. The average Bonchev–Trinajstić information content (AvgIpc) is 2.53. The molecular weight excluding hydrogens is 363 g/mol. The van der Waals surface area contributed by atoms with Gasteiger partial charge in [0.1, 0.15) is 12.4 Å². The van der Waals surface area contributed by atoms with Gasteiger partial charge in [-0.1, -0.05) is 0 Å². The van der Waals surface area contributed by atoms with Crippen molar-refractivity contribution in [3.05, 3.63) is 18.2 Å². The summed E-state index contributed by atoms with van der Waals surface area (Å²) < 4.78 is 47.7. The number of rotatable bonds is 2. The van der Waals surface area contributed by atoms with Gasteiger partial charge in [-0.05, 0) is 52.8 Å². The quantitative estimate of drug-likeness (QED) is 0.702. The molecule has 27 heavy (non-hydrogen) atoms. The van der Waals surface area contributed by atoms with Crippen molar-refractivity contribution in [3.63, 3.8) is 0 Å². The molecule has 0 spiro atoms. The van der Waals surface area contributed by atoms with Crippen LogP contribution in [0, 0.1) is 16.7 Å². The van der Waals surface area contributed by atoms with Crippen LogP contribution >= 0.6 is 0 Å². The van der Waals surface area contributed by atoms with Crippen molar-refractivity contribution in [2.24, 2.45) is 5.41 Å². The fourth-order valence-electron chi connectivity index (χ4n) is 1.65. The van der Waals surface area contributed by atoms with Crippen molar-refractivity contribution in [1.29, 1.82) is 5.26 Å². The van der Waals surface area contributed by atoms with E-state index < -0.39 is 17.9 Å². The van der Waals surface area contributed by atoms with Crippen LogP contribution in [0.2, 0.25) is 0 Å². The van der Waals surface area contributed by atoms with Gasteiger partial charge in [0.2, 0.25) is 5.60 Å². The maximum atomic E-state index is 12.6. The number of hydrogen-bond donors (Lipinski definition) is 2. The average molecular weight is 391 g/mol. The molecule has 0 saturated heterocycles. The lowest BCUT2D eigenvalue weighted by atomic mass is 10.0. The minimum atomic E-state index is -4.64. The van der Waals surface area contributed by atoms with E-state index in [9.17, 15) is 18.0 Å². The van der Waals surface area contributed by atoms with Crippen LogP contribution in [0.25, 0.3) is 0 Å². The second kappa shape index (κ2) is 8.37. The van der Waals surface area contributed by atoms with E-state index in [1.54, 1.807) is 12.1 Å². The molecule has 1 aliphatic rings. The zero-order valence-electron chi connectivity index (χ0n) is 16.0. The van der Waals surface area contributed by atoms with E-state index in [2.05, 4.69) is 21.4 Å². The summed E-state index contributed by atoms with van der Waals surface area (Å²) in [4.78, 5) is 11.6. The van der Waals surface area contributed by atoms with Gasteiger partial charge in [0, 0.05) is 20.5 Å². The summed E-state index contributed by atoms with van der Waals surface area (Å²) in [6.45, 7) is 8.36. The summed E-state index contributed by atoms with van der Waals surface area (Å²) in [7, 11) is 0. The third kappa shape index (κ3) is 7.25. The predicted molar refractivity (Wildman–Crippen MR) is 100.0 cm³/mol. The number of anilines is 2. The summed E-state index contributed by atoms with van der Waals surface area (Å²) in [5.41, 5.74) is -1.74. The molecule has 0 aromatic heterocycles. The maximum Gasteiger partial charge on any atom is 0.427 e. The van der Waals surface area contributed by atoms with E-state index in [1.165, 1.54) is 6.07 Å². The predicted octanol–water partition coefficient (Wildman–Crippen LogP) is 5.43. The van der Waals surface area contributed by atoms with Crippen LogP contribution in [0.15, 0.2) is 18.2 Å². The second-order valence-electron chi connectivity index (χ2n) is 7.37. The third-order valence-corrected chi connectivity index (χ3v) is 3.27. The van der Waals surface area contributed by atoms with Crippen molar-refractivity contribution >= 4 is 17.5 Å². The van der Waals surface area contributed by atoms with Crippen LogP contribution in [0.5, 0.6) is 5.75 Å². The van der Waals surface area contributed by atoms with Gasteiger partial charge in [-0.3, -0.25) is 5.32 Å². The Hall–Kier alpha value is -2.63. The number of ether oxygens (including phenoxy) is 2. The molecule has 0 unspecified atom stereocenters. The highest BCUT2D eigenvalue weighted by atomic mass is 19.4.